The zero-order valence-electron chi connectivity index (χ0n) is 13.3. The Morgan fingerprint density at radius 3 is 2.77 bits per heavy atom. The summed E-state index contributed by atoms with van der Waals surface area (Å²) >= 11 is 8.55. The third-order valence-electron chi connectivity index (χ3n) is 2.86. The van der Waals surface area contributed by atoms with Crippen LogP contribution >= 0.6 is 28.1 Å². The molecular weight excluding hydrogens is 366 g/mol. The quantitative estimate of drug-likeness (QED) is 0.426. The fourth-order valence-corrected chi connectivity index (χ4v) is 2.33. The van der Waals surface area contributed by atoms with Gasteiger partial charge in [0.2, 0.25) is 0 Å². The molecule has 0 saturated carbocycles. The van der Waals surface area contributed by atoms with Gasteiger partial charge in [-0.15, -0.1) is 0 Å². The van der Waals surface area contributed by atoms with Crippen LogP contribution in [0.1, 0.15) is 32.8 Å². The Morgan fingerprint density at radius 2 is 2.18 bits per heavy atom. The molecule has 22 heavy (non-hydrogen) atoms. The van der Waals surface area contributed by atoms with Gasteiger partial charge in [-0.25, -0.2) is 0 Å². The first-order valence-corrected chi connectivity index (χ1v) is 8.33. The minimum absolute atomic E-state index is 0.115. The summed E-state index contributed by atoms with van der Waals surface area (Å²) in [5.41, 5.74) is 3.61. The molecule has 5 nitrogen and oxygen atoms in total. The first-order valence-electron chi connectivity index (χ1n) is 7.12. The molecule has 0 fully saturated rings. The lowest BCUT2D eigenvalue weighted by atomic mass is 10.2. The molecule has 1 aromatic rings. The molecule has 0 spiro atoms. The average Bonchev–Trinajstić information content (AvgIpc) is 2.49. The third kappa shape index (κ3) is 5.81. The van der Waals surface area contributed by atoms with Gasteiger partial charge < -0.3 is 14.8 Å². The highest BCUT2D eigenvalue weighted by Crippen LogP contribution is 2.37. The number of hydrogen-bond donors (Lipinski definition) is 2. The predicted octanol–water partition coefficient (Wildman–Crippen LogP) is 3.45. The molecule has 0 saturated heterocycles. The number of halogens is 1. The second-order valence-electron chi connectivity index (χ2n) is 4.60. The molecule has 122 valence electrons. The first kappa shape index (κ1) is 18.7. The number of nitrogens with one attached hydrogen (secondary N) is 2. The highest BCUT2D eigenvalue weighted by molar-refractivity contribution is 9.10. The number of nitrogens with zero attached hydrogens (tertiary/aromatic N) is 1. The van der Waals surface area contributed by atoms with Gasteiger partial charge in [0, 0.05) is 6.54 Å². The van der Waals surface area contributed by atoms with Crippen molar-refractivity contribution in [2.75, 3.05) is 13.7 Å². The van der Waals surface area contributed by atoms with Gasteiger partial charge in [-0.1, -0.05) is 6.92 Å². The smallest absolute Gasteiger partial charge is 0.186 e. The summed E-state index contributed by atoms with van der Waals surface area (Å²) < 4.78 is 12.1. The van der Waals surface area contributed by atoms with Crippen LogP contribution < -0.4 is 20.2 Å². The lowest BCUT2D eigenvalue weighted by Crippen LogP contribution is -2.31. The van der Waals surface area contributed by atoms with Crippen LogP contribution in [0.15, 0.2) is 21.7 Å². The van der Waals surface area contributed by atoms with E-state index in [9.17, 15) is 0 Å². The first-order chi connectivity index (χ1) is 10.5. The van der Waals surface area contributed by atoms with Crippen molar-refractivity contribution >= 4 is 39.5 Å². The van der Waals surface area contributed by atoms with E-state index in [1.54, 1.807) is 13.3 Å². The van der Waals surface area contributed by atoms with Gasteiger partial charge in [0.15, 0.2) is 16.6 Å². The molecule has 1 rings (SSSR count). The lowest BCUT2D eigenvalue weighted by molar-refractivity contribution is 0.206. The minimum Gasteiger partial charge on any atom is -0.493 e. The zero-order chi connectivity index (χ0) is 16.5. The van der Waals surface area contributed by atoms with Crippen molar-refractivity contribution in [2.45, 2.75) is 33.3 Å². The molecule has 0 bridgehead atoms. The number of thiocarbonyl (C=S) groups is 1. The molecule has 0 aliphatic rings. The Labute approximate surface area is 145 Å². The van der Waals surface area contributed by atoms with Crippen molar-refractivity contribution < 1.29 is 9.47 Å². The molecule has 0 aromatic heterocycles. The molecule has 0 aliphatic carbocycles. The number of benzene rings is 1. The third-order valence-corrected chi connectivity index (χ3v) is 3.69. The molecule has 0 amide bonds. The molecule has 7 heteroatoms. The molecule has 0 aliphatic heterocycles. The summed E-state index contributed by atoms with van der Waals surface area (Å²) in [6, 6.07) is 3.78. The van der Waals surface area contributed by atoms with E-state index in [1.807, 2.05) is 26.0 Å². The van der Waals surface area contributed by atoms with E-state index in [0.29, 0.717) is 16.6 Å². The van der Waals surface area contributed by atoms with Crippen LogP contribution in [0.25, 0.3) is 0 Å². The molecule has 1 atom stereocenters. The van der Waals surface area contributed by atoms with E-state index >= 15 is 0 Å². The molecule has 0 unspecified atom stereocenters. The van der Waals surface area contributed by atoms with Crippen LogP contribution in [0, 0.1) is 0 Å². The number of ether oxygens (including phenoxy) is 2. The second-order valence-corrected chi connectivity index (χ2v) is 5.86. The average molecular weight is 388 g/mol. The van der Waals surface area contributed by atoms with Gasteiger partial charge in [0.25, 0.3) is 0 Å². The standard InChI is InChI=1S/C15H22BrN3O2S/c1-5-10(3)21-14-12(16)7-11(8-13(14)20-4)9-18-19-15(22)17-6-2/h7-10H,5-6H2,1-4H3,(H2,17,19,22)/b18-9-/t10-/m0/s1. The number of methoxy groups -OCH3 is 1. The highest BCUT2D eigenvalue weighted by Gasteiger charge is 2.13. The van der Waals surface area contributed by atoms with Crippen LogP contribution in [0.2, 0.25) is 0 Å². The van der Waals surface area contributed by atoms with E-state index in [4.69, 9.17) is 21.7 Å². The van der Waals surface area contributed by atoms with E-state index < -0.39 is 0 Å². The normalized spacial score (nSPS) is 12.0. The SMILES string of the molecule is CCNC(=S)N/N=C\c1cc(Br)c(O[C@@H](C)CC)c(OC)c1. The summed E-state index contributed by atoms with van der Waals surface area (Å²) in [7, 11) is 1.62. The fourth-order valence-electron chi connectivity index (χ4n) is 1.58. The van der Waals surface area contributed by atoms with E-state index in [2.05, 4.69) is 38.7 Å². The number of hydrogen-bond acceptors (Lipinski definition) is 4. The topological polar surface area (TPSA) is 54.9 Å². The fraction of sp³-hybridized carbons (Fsp3) is 0.467. The Balaban J connectivity index is 2.88. The maximum Gasteiger partial charge on any atom is 0.186 e. The van der Waals surface area contributed by atoms with Crippen molar-refractivity contribution in [1.29, 1.82) is 0 Å². The van der Waals surface area contributed by atoms with Gasteiger partial charge in [0.05, 0.1) is 23.9 Å². The largest absolute Gasteiger partial charge is 0.493 e. The van der Waals surface area contributed by atoms with Crippen LogP contribution in [-0.4, -0.2) is 31.1 Å². The zero-order valence-corrected chi connectivity index (χ0v) is 15.7. The van der Waals surface area contributed by atoms with E-state index in [0.717, 1.165) is 23.0 Å². The monoisotopic (exact) mass is 387 g/mol. The van der Waals surface area contributed by atoms with Crippen LogP contribution in [-0.2, 0) is 0 Å². The molecule has 1 aromatic carbocycles. The summed E-state index contributed by atoms with van der Waals surface area (Å²) in [6.07, 6.45) is 2.71. The predicted molar refractivity (Wildman–Crippen MR) is 98.1 cm³/mol. The molecule has 2 N–H and O–H groups in total. The van der Waals surface area contributed by atoms with Crippen LogP contribution in [0.4, 0.5) is 0 Å². The second kappa shape index (κ2) is 9.63. The Hall–Kier alpha value is -1.34. The Bertz CT molecular complexity index is 538. The van der Waals surface area contributed by atoms with Crippen LogP contribution in [0.3, 0.4) is 0 Å². The van der Waals surface area contributed by atoms with Gasteiger partial charge in [-0.3, -0.25) is 5.43 Å². The lowest BCUT2D eigenvalue weighted by Gasteiger charge is -2.17. The van der Waals surface area contributed by atoms with Gasteiger partial charge in [-0.2, -0.15) is 5.10 Å². The van der Waals surface area contributed by atoms with Gasteiger partial charge >= 0.3 is 0 Å². The maximum absolute atomic E-state index is 5.88. The highest BCUT2D eigenvalue weighted by atomic mass is 79.9. The summed E-state index contributed by atoms with van der Waals surface area (Å²) in [5, 5.41) is 7.53. The van der Waals surface area contributed by atoms with E-state index in [-0.39, 0.29) is 6.10 Å². The summed E-state index contributed by atoms with van der Waals surface area (Å²) in [4.78, 5) is 0. The van der Waals surface area contributed by atoms with Gasteiger partial charge in [0.1, 0.15) is 0 Å². The van der Waals surface area contributed by atoms with Crippen molar-refractivity contribution in [1.82, 2.24) is 10.7 Å². The van der Waals surface area contributed by atoms with Crippen molar-refractivity contribution in [3.8, 4) is 11.5 Å². The van der Waals surface area contributed by atoms with Crippen LogP contribution in [0.5, 0.6) is 11.5 Å². The maximum atomic E-state index is 5.88. The summed E-state index contributed by atoms with van der Waals surface area (Å²) in [5.74, 6) is 1.36. The molecular formula is C15H22BrN3O2S. The minimum atomic E-state index is 0.115. The van der Waals surface area contributed by atoms with Crippen molar-refractivity contribution in [3.63, 3.8) is 0 Å². The van der Waals surface area contributed by atoms with E-state index in [1.165, 1.54) is 0 Å². The van der Waals surface area contributed by atoms with Crippen molar-refractivity contribution in [3.05, 3.63) is 22.2 Å². The molecule has 0 radical (unpaired) electrons. The Morgan fingerprint density at radius 1 is 1.45 bits per heavy atom. The summed E-state index contributed by atoms with van der Waals surface area (Å²) in [6.45, 7) is 6.82. The van der Waals surface area contributed by atoms with Gasteiger partial charge in [-0.05, 0) is 66.1 Å². The Kier molecular flexibility index (Phi) is 8.19. The number of rotatable bonds is 7. The molecule has 0 heterocycles. The number of hydrazone groups is 1. The van der Waals surface area contributed by atoms with Crippen molar-refractivity contribution in [2.24, 2.45) is 5.10 Å².